The first kappa shape index (κ1) is 17.0. The lowest BCUT2D eigenvalue weighted by Gasteiger charge is -2.11. The van der Waals surface area contributed by atoms with Gasteiger partial charge in [-0.3, -0.25) is 4.79 Å². The van der Waals surface area contributed by atoms with Crippen LogP contribution in [0.15, 0.2) is 60.0 Å². The van der Waals surface area contributed by atoms with Crippen molar-refractivity contribution in [3.8, 4) is 5.75 Å². The molecular weight excluding hydrogens is 332 g/mol. The molecule has 0 aliphatic carbocycles. The predicted molar refractivity (Wildman–Crippen MR) is 104 cm³/mol. The van der Waals surface area contributed by atoms with E-state index in [9.17, 15) is 4.79 Å². The van der Waals surface area contributed by atoms with Crippen molar-refractivity contribution in [2.24, 2.45) is 0 Å². The van der Waals surface area contributed by atoms with Gasteiger partial charge in [0.05, 0.1) is 4.88 Å². The second-order valence-electron chi connectivity index (χ2n) is 5.65. The summed E-state index contributed by atoms with van der Waals surface area (Å²) in [6.07, 6.45) is 0. The molecular formula is C20H20N2O2S. The molecule has 128 valence electrons. The van der Waals surface area contributed by atoms with E-state index in [1.807, 2.05) is 67.9 Å². The lowest BCUT2D eigenvalue weighted by atomic mass is 10.2. The number of hydrogen-bond donors (Lipinski definition) is 2. The van der Waals surface area contributed by atoms with Crippen molar-refractivity contribution in [2.45, 2.75) is 13.5 Å². The zero-order chi connectivity index (χ0) is 17.6. The highest BCUT2D eigenvalue weighted by atomic mass is 32.1. The Hall–Kier alpha value is -2.79. The predicted octanol–water partition coefficient (Wildman–Crippen LogP) is 4.93. The molecule has 0 fully saturated rings. The van der Waals surface area contributed by atoms with Gasteiger partial charge in [0.2, 0.25) is 0 Å². The van der Waals surface area contributed by atoms with E-state index in [-0.39, 0.29) is 5.91 Å². The molecule has 2 N–H and O–H groups in total. The third-order valence-electron chi connectivity index (χ3n) is 3.81. The summed E-state index contributed by atoms with van der Waals surface area (Å²) >= 11 is 1.43. The molecule has 0 aliphatic rings. The van der Waals surface area contributed by atoms with Crippen molar-refractivity contribution in [1.29, 1.82) is 0 Å². The van der Waals surface area contributed by atoms with E-state index < -0.39 is 0 Å². The Labute approximate surface area is 151 Å². The Kier molecular flexibility index (Phi) is 5.36. The minimum Gasteiger partial charge on any atom is -0.489 e. The minimum atomic E-state index is -0.0874. The maximum Gasteiger partial charge on any atom is 0.265 e. The van der Waals surface area contributed by atoms with Crippen LogP contribution in [-0.2, 0) is 6.61 Å². The molecule has 5 heteroatoms. The molecule has 2 aromatic carbocycles. The molecule has 0 saturated carbocycles. The third-order valence-corrected chi connectivity index (χ3v) is 4.68. The number of carbonyl (C=O) groups excluding carboxylic acids is 1. The van der Waals surface area contributed by atoms with Gasteiger partial charge in [0, 0.05) is 18.4 Å². The van der Waals surface area contributed by atoms with Crippen LogP contribution in [0, 0.1) is 6.92 Å². The lowest BCUT2D eigenvalue weighted by molar-refractivity contribution is 0.103. The first-order valence-electron chi connectivity index (χ1n) is 8.01. The van der Waals surface area contributed by atoms with Gasteiger partial charge in [-0.1, -0.05) is 18.2 Å². The Bertz CT molecular complexity index is 860. The van der Waals surface area contributed by atoms with E-state index in [4.69, 9.17) is 4.74 Å². The smallest absolute Gasteiger partial charge is 0.265 e. The third kappa shape index (κ3) is 4.39. The van der Waals surface area contributed by atoms with Crippen LogP contribution in [0.1, 0.15) is 20.8 Å². The van der Waals surface area contributed by atoms with Crippen molar-refractivity contribution in [3.05, 3.63) is 76.0 Å². The number of anilines is 2. The van der Waals surface area contributed by atoms with Crippen molar-refractivity contribution < 1.29 is 9.53 Å². The highest BCUT2D eigenvalue weighted by Gasteiger charge is 2.09. The molecule has 0 spiro atoms. The highest BCUT2D eigenvalue weighted by Crippen LogP contribution is 2.23. The van der Waals surface area contributed by atoms with Crippen LogP contribution in [0.3, 0.4) is 0 Å². The zero-order valence-electron chi connectivity index (χ0n) is 14.2. The van der Waals surface area contributed by atoms with Gasteiger partial charge in [0.1, 0.15) is 12.4 Å². The van der Waals surface area contributed by atoms with E-state index in [0.29, 0.717) is 11.5 Å². The number of rotatable bonds is 6. The first-order chi connectivity index (χ1) is 12.2. The van der Waals surface area contributed by atoms with Crippen LogP contribution in [0.2, 0.25) is 0 Å². The Morgan fingerprint density at radius 1 is 1.12 bits per heavy atom. The maximum absolute atomic E-state index is 12.1. The molecule has 1 aromatic heterocycles. The fourth-order valence-corrected chi connectivity index (χ4v) is 3.06. The topological polar surface area (TPSA) is 50.4 Å². The molecule has 0 atom stereocenters. The minimum absolute atomic E-state index is 0.0874. The van der Waals surface area contributed by atoms with Crippen molar-refractivity contribution in [1.82, 2.24) is 0 Å². The summed E-state index contributed by atoms with van der Waals surface area (Å²) in [4.78, 5) is 12.8. The standard InChI is InChI=1S/C20H20N2O2S/c1-14-11-17(24-13-15-5-3-6-16(12-15)21-2)8-9-18(14)22-20(23)19-7-4-10-25-19/h3-12,21H,13H2,1-2H3,(H,22,23). The number of carbonyl (C=O) groups is 1. The van der Waals surface area contributed by atoms with Crippen molar-refractivity contribution >= 4 is 28.6 Å². The van der Waals surface area contributed by atoms with Gasteiger partial charge in [-0.15, -0.1) is 11.3 Å². The Balaban J connectivity index is 1.64. The lowest BCUT2D eigenvalue weighted by Crippen LogP contribution is -2.11. The molecule has 4 nitrogen and oxygen atoms in total. The number of aryl methyl sites for hydroxylation is 1. The number of thiophene rings is 1. The highest BCUT2D eigenvalue weighted by molar-refractivity contribution is 7.12. The van der Waals surface area contributed by atoms with Gasteiger partial charge in [0.25, 0.3) is 5.91 Å². The average Bonchev–Trinajstić information content (AvgIpc) is 3.17. The van der Waals surface area contributed by atoms with Gasteiger partial charge < -0.3 is 15.4 Å². The van der Waals surface area contributed by atoms with Crippen LogP contribution in [-0.4, -0.2) is 13.0 Å². The van der Waals surface area contributed by atoms with Gasteiger partial charge in [-0.2, -0.15) is 0 Å². The SMILES string of the molecule is CNc1cccc(COc2ccc(NC(=O)c3cccs3)c(C)c2)c1. The molecule has 0 bridgehead atoms. The molecule has 0 aliphatic heterocycles. The number of ether oxygens (including phenoxy) is 1. The second kappa shape index (κ2) is 7.85. The van der Waals surface area contributed by atoms with Crippen molar-refractivity contribution in [2.75, 3.05) is 17.7 Å². The summed E-state index contributed by atoms with van der Waals surface area (Å²) in [5, 5.41) is 7.94. The summed E-state index contributed by atoms with van der Waals surface area (Å²) in [5.74, 6) is 0.692. The molecule has 25 heavy (non-hydrogen) atoms. The second-order valence-corrected chi connectivity index (χ2v) is 6.59. The van der Waals surface area contributed by atoms with Gasteiger partial charge in [-0.25, -0.2) is 0 Å². The van der Waals surface area contributed by atoms with E-state index in [1.54, 1.807) is 0 Å². The van der Waals surface area contributed by atoms with Crippen LogP contribution < -0.4 is 15.4 Å². The zero-order valence-corrected chi connectivity index (χ0v) is 15.0. The molecule has 0 radical (unpaired) electrons. The van der Waals surface area contributed by atoms with Gasteiger partial charge in [-0.05, 0) is 59.8 Å². The normalized spacial score (nSPS) is 10.3. The number of nitrogens with one attached hydrogen (secondary N) is 2. The number of amides is 1. The fourth-order valence-electron chi connectivity index (χ4n) is 2.44. The van der Waals surface area contributed by atoms with Gasteiger partial charge in [0.15, 0.2) is 0 Å². The van der Waals surface area contributed by atoms with Crippen LogP contribution in [0.25, 0.3) is 0 Å². The summed E-state index contributed by atoms with van der Waals surface area (Å²) in [5.41, 5.74) is 3.91. The first-order valence-corrected chi connectivity index (χ1v) is 8.88. The van der Waals surface area contributed by atoms with Gasteiger partial charge >= 0.3 is 0 Å². The van der Waals surface area contributed by atoms with E-state index >= 15 is 0 Å². The maximum atomic E-state index is 12.1. The Morgan fingerprint density at radius 2 is 2.00 bits per heavy atom. The summed E-state index contributed by atoms with van der Waals surface area (Å²) in [6.45, 7) is 2.45. The van der Waals surface area contributed by atoms with Crippen molar-refractivity contribution in [3.63, 3.8) is 0 Å². The molecule has 3 rings (SSSR count). The monoisotopic (exact) mass is 352 g/mol. The molecule has 3 aromatic rings. The fraction of sp³-hybridized carbons (Fsp3) is 0.150. The van der Waals surface area contributed by atoms with Crippen LogP contribution >= 0.6 is 11.3 Å². The molecule has 0 unspecified atom stereocenters. The van der Waals surface area contributed by atoms with Crippen LogP contribution in [0.5, 0.6) is 5.75 Å². The van der Waals surface area contributed by atoms with E-state index in [2.05, 4.69) is 16.7 Å². The largest absolute Gasteiger partial charge is 0.489 e. The number of hydrogen-bond acceptors (Lipinski definition) is 4. The summed E-state index contributed by atoms with van der Waals surface area (Å²) in [6, 6.07) is 17.5. The Morgan fingerprint density at radius 3 is 2.72 bits per heavy atom. The molecule has 0 saturated heterocycles. The number of benzene rings is 2. The average molecular weight is 352 g/mol. The van der Waals surface area contributed by atoms with E-state index in [0.717, 1.165) is 28.3 Å². The summed E-state index contributed by atoms with van der Waals surface area (Å²) in [7, 11) is 1.90. The quantitative estimate of drug-likeness (QED) is 0.661. The van der Waals surface area contributed by atoms with Crippen LogP contribution in [0.4, 0.5) is 11.4 Å². The molecule has 1 heterocycles. The van der Waals surface area contributed by atoms with E-state index in [1.165, 1.54) is 11.3 Å². The molecule has 1 amide bonds. The summed E-state index contributed by atoms with van der Waals surface area (Å²) < 4.78 is 5.87.